The van der Waals surface area contributed by atoms with Crippen molar-refractivity contribution >= 4 is 12.4 Å². The predicted molar refractivity (Wildman–Crippen MR) is 46.4 cm³/mol. The molecule has 0 saturated carbocycles. The molecule has 72 valence electrons. The van der Waals surface area contributed by atoms with Crippen LogP contribution in [0.15, 0.2) is 18.2 Å². The van der Waals surface area contributed by atoms with Crippen LogP contribution in [0.2, 0.25) is 0 Å². The van der Waals surface area contributed by atoms with Gasteiger partial charge in [-0.3, -0.25) is 0 Å². The van der Waals surface area contributed by atoms with E-state index in [2.05, 4.69) is 0 Å². The molecule has 1 nitrogen and oxygen atoms in total. The highest BCUT2D eigenvalue weighted by Crippen LogP contribution is 2.18. The summed E-state index contributed by atoms with van der Waals surface area (Å²) in [6.45, 7) is -3.22. The van der Waals surface area contributed by atoms with E-state index in [-0.39, 0.29) is 5.75 Å². The lowest BCUT2D eigenvalue weighted by molar-refractivity contribution is 0.411. The van der Waals surface area contributed by atoms with Crippen LogP contribution in [0.1, 0.15) is 5.56 Å². The summed E-state index contributed by atoms with van der Waals surface area (Å²) in [5.41, 5.74) is 0.0775. The van der Waals surface area contributed by atoms with Crippen LogP contribution in [-0.2, 0) is 0 Å². The summed E-state index contributed by atoms with van der Waals surface area (Å²) in [6.07, 6.45) is 0. The minimum atomic E-state index is -4.93. The van der Waals surface area contributed by atoms with Crippen molar-refractivity contribution in [2.75, 3.05) is 7.11 Å². The smallest absolute Gasteiger partial charge is 0.497 e. The monoisotopic (exact) mass is 189 g/mol. The summed E-state index contributed by atoms with van der Waals surface area (Å²) in [4.78, 5) is 0. The van der Waals surface area contributed by atoms with Gasteiger partial charge in [0, 0.05) is 0 Å². The van der Waals surface area contributed by atoms with Crippen LogP contribution in [0.4, 0.5) is 12.9 Å². The molecule has 0 aliphatic carbocycles. The first kappa shape index (κ1) is 9.96. The average Bonchev–Trinajstić information content (AvgIpc) is 2.03. The first-order valence-corrected chi connectivity index (χ1v) is 3.79. The molecule has 0 amide bonds. The maximum Gasteiger partial charge on any atom is 0.509 e. The fourth-order valence-corrected chi connectivity index (χ4v) is 1.04. The topological polar surface area (TPSA) is 9.23 Å². The van der Waals surface area contributed by atoms with Gasteiger partial charge in [-0.2, -0.15) is 0 Å². The summed E-state index contributed by atoms with van der Waals surface area (Å²) in [5, 5.41) is 0. The van der Waals surface area contributed by atoms with E-state index >= 15 is 0 Å². The van der Waals surface area contributed by atoms with Crippen molar-refractivity contribution in [1.29, 1.82) is 0 Å². The van der Waals surface area contributed by atoms with Gasteiger partial charge in [0.2, 0.25) is 0 Å². The van der Waals surface area contributed by atoms with Crippen LogP contribution in [-0.4, -0.2) is 14.1 Å². The normalized spacial score (nSPS) is 11.5. The zero-order chi connectivity index (χ0) is 10.1. The highest BCUT2D eigenvalue weighted by Gasteiger charge is 2.25. The third kappa shape index (κ3) is 2.17. The van der Waals surface area contributed by atoms with Gasteiger partial charge >= 0.3 is 6.98 Å². The van der Waals surface area contributed by atoms with Crippen LogP contribution in [0.25, 0.3) is 0 Å². The Labute approximate surface area is 74.6 Å². The van der Waals surface area contributed by atoms with Crippen molar-refractivity contribution in [3.05, 3.63) is 23.8 Å². The van der Waals surface area contributed by atoms with Crippen LogP contribution in [0, 0.1) is 6.92 Å². The molecule has 0 spiro atoms. The molecular weight excluding hydrogens is 180 g/mol. The molecule has 13 heavy (non-hydrogen) atoms. The zero-order valence-electron chi connectivity index (χ0n) is 7.35. The SMILES string of the molecule is COc1cc([B-](F)(F)F)ccc1C. The first-order valence-electron chi connectivity index (χ1n) is 3.79. The Morgan fingerprint density at radius 3 is 2.31 bits per heavy atom. The second-order valence-corrected chi connectivity index (χ2v) is 2.80. The minimum Gasteiger partial charge on any atom is -0.497 e. The van der Waals surface area contributed by atoms with Crippen LogP contribution >= 0.6 is 0 Å². The number of hydrogen-bond acceptors (Lipinski definition) is 1. The van der Waals surface area contributed by atoms with E-state index in [0.29, 0.717) is 5.56 Å². The quantitative estimate of drug-likeness (QED) is 0.647. The fraction of sp³-hybridized carbons (Fsp3) is 0.250. The molecule has 0 aromatic heterocycles. The Morgan fingerprint density at radius 1 is 1.23 bits per heavy atom. The number of hydrogen-bond donors (Lipinski definition) is 0. The molecule has 0 radical (unpaired) electrons. The van der Waals surface area contributed by atoms with Gasteiger partial charge in [-0.25, -0.2) is 0 Å². The van der Waals surface area contributed by atoms with Gasteiger partial charge in [0.15, 0.2) is 0 Å². The van der Waals surface area contributed by atoms with Gasteiger partial charge in [-0.1, -0.05) is 12.1 Å². The lowest BCUT2D eigenvalue weighted by Crippen LogP contribution is -2.33. The summed E-state index contributed by atoms with van der Waals surface area (Å²) < 4.78 is 41.5. The van der Waals surface area contributed by atoms with Gasteiger partial charge in [0.25, 0.3) is 0 Å². The third-order valence-electron chi connectivity index (χ3n) is 1.81. The number of aryl methyl sites for hydroxylation is 1. The standard InChI is InChI=1S/C8H9BF3O/c1-6-3-4-7(9(10,11)12)5-8(6)13-2/h3-5H,1-2H3/q-1. The van der Waals surface area contributed by atoms with Gasteiger partial charge in [0.05, 0.1) is 7.11 Å². The predicted octanol–water partition coefficient (Wildman–Crippen LogP) is 2.06. The number of rotatable bonds is 2. The van der Waals surface area contributed by atoms with E-state index in [1.165, 1.54) is 13.2 Å². The molecule has 1 aromatic carbocycles. The van der Waals surface area contributed by atoms with Gasteiger partial charge in [-0.15, -0.1) is 5.46 Å². The molecule has 5 heteroatoms. The van der Waals surface area contributed by atoms with E-state index < -0.39 is 12.4 Å². The van der Waals surface area contributed by atoms with E-state index in [1.807, 2.05) is 0 Å². The van der Waals surface area contributed by atoms with E-state index in [0.717, 1.165) is 12.1 Å². The van der Waals surface area contributed by atoms with Gasteiger partial charge < -0.3 is 17.7 Å². The van der Waals surface area contributed by atoms with Crippen molar-refractivity contribution in [2.24, 2.45) is 0 Å². The maximum absolute atomic E-state index is 12.2. The number of benzene rings is 1. The highest BCUT2D eigenvalue weighted by atomic mass is 19.4. The molecule has 1 aromatic rings. The van der Waals surface area contributed by atoms with Gasteiger partial charge in [-0.05, 0) is 18.6 Å². The molecule has 0 atom stereocenters. The molecule has 0 N–H and O–H groups in total. The largest absolute Gasteiger partial charge is 0.509 e. The molecular formula is C8H9BF3O-. The summed E-state index contributed by atoms with van der Waals surface area (Å²) in [6, 6.07) is 3.50. The van der Waals surface area contributed by atoms with E-state index in [4.69, 9.17) is 4.74 Å². The first-order chi connectivity index (χ1) is 5.95. The van der Waals surface area contributed by atoms with E-state index in [1.54, 1.807) is 6.92 Å². The number of methoxy groups -OCH3 is 1. The van der Waals surface area contributed by atoms with Gasteiger partial charge in [0.1, 0.15) is 5.75 Å². The molecule has 0 bridgehead atoms. The molecule has 0 heterocycles. The van der Waals surface area contributed by atoms with Crippen molar-refractivity contribution in [2.45, 2.75) is 6.92 Å². The van der Waals surface area contributed by atoms with E-state index in [9.17, 15) is 12.9 Å². The summed E-state index contributed by atoms with van der Waals surface area (Å²) >= 11 is 0. The average molecular weight is 189 g/mol. The molecule has 1 rings (SSSR count). The van der Waals surface area contributed by atoms with Crippen LogP contribution in [0.3, 0.4) is 0 Å². The second kappa shape index (κ2) is 3.32. The second-order valence-electron chi connectivity index (χ2n) is 2.80. The number of halogens is 3. The zero-order valence-corrected chi connectivity index (χ0v) is 7.35. The van der Waals surface area contributed by atoms with Crippen molar-refractivity contribution in [1.82, 2.24) is 0 Å². The maximum atomic E-state index is 12.2. The minimum absolute atomic E-state index is 0.275. The highest BCUT2D eigenvalue weighted by molar-refractivity contribution is 6.73. The summed E-state index contributed by atoms with van der Waals surface area (Å²) in [5.74, 6) is 0.275. The summed E-state index contributed by atoms with van der Waals surface area (Å²) in [7, 11) is 1.36. The Hall–Kier alpha value is -1.13. The molecule has 0 fully saturated rings. The molecule has 0 unspecified atom stereocenters. The molecule has 0 saturated heterocycles. The Balaban J connectivity index is 3.14. The molecule has 0 aliphatic rings. The third-order valence-corrected chi connectivity index (χ3v) is 1.81. The van der Waals surface area contributed by atoms with Crippen LogP contribution < -0.4 is 10.2 Å². The van der Waals surface area contributed by atoms with Crippen LogP contribution in [0.5, 0.6) is 5.75 Å². The Morgan fingerprint density at radius 2 is 1.85 bits per heavy atom. The lowest BCUT2D eigenvalue weighted by atomic mass is 9.80. The Kier molecular flexibility index (Phi) is 2.54. The van der Waals surface area contributed by atoms with Crippen molar-refractivity contribution in [3.8, 4) is 5.75 Å². The fourth-order valence-electron chi connectivity index (χ4n) is 1.04. The Bertz CT molecular complexity index is 309. The van der Waals surface area contributed by atoms with Crippen molar-refractivity contribution < 1.29 is 17.7 Å². The lowest BCUT2D eigenvalue weighted by Gasteiger charge is -2.16. The molecule has 0 aliphatic heterocycles. The van der Waals surface area contributed by atoms with Crippen molar-refractivity contribution in [3.63, 3.8) is 0 Å². The number of ether oxygens (including phenoxy) is 1.